The Morgan fingerprint density at radius 3 is 1.64 bits per heavy atom. The standard InChI is InChI=1S/C10H21B/c1-2-3-4-5-6-7-8-9-10-11/h2-10H2,1H3. The summed E-state index contributed by atoms with van der Waals surface area (Å²) in [5.41, 5.74) is 0. The molecule has 11 heavy (non-hydrogen) atoms. The second-order valence-corrected chi connectivity index (χ2v) is 3.26. The first-order chi connectivity index (χ1) is 5.41. The summed E-state index contributed by atoms with van der Waals surface area (Å²) in [6.45, 7) is 2.26. The Labute approximate surface area is 73.2 Å². The Morgan fingerprint density at radius 2 is 1.18 bits per heavy atom. The highest BCUT2D eigenvalue weighted by Gasteiger charge is 1.88. The van der Waals surface area contributed by atoms with E-state index in [-0.39, 0.29) is 0 Å². The minimum atomic E-state index is 0.870. The highest BCUT2D eigenvalue weighted by atomic mass is 13.9. The molecule has 0 aromatic carbocycles. The topological polar surface area (TPSA) is 0 Å². The molecule has 0 heterocycles. The van der Waals surface area contributed by atoms with Gasteiger partial charge in [-0.2, -0.15) is 0 Å². The quantitative estimate of drug-likeness (QED) is 0.367. The summed E-state index contributed by atoms with van der Waals surface area (Å²) in [6, 6.07) is 0. The molecule has 0 N–H and O–H groups in total. The van der Waals surface area contributed by atoms with Gasteiger partial charge in [-0.05, 0) is 0 Å². The first kappa shape index (κ1) is 11.1. The number of hydrogen-bond donors (Lipinski definition) is 0. The Bertz CT molecular complexity index is 53.9. The zero-order valence-corrected chi connectivity index (χ0v) is 7.94. The van der Waals surface area contributed by atoms with Crippen LogP contribution in [0.1, 0.15) is 58.3 Å². The monoisotopic (exact) mass is 152 g/mol. The number of unbranched alkanes of at least 4 members (excludes halogenated alkanes) is 7. The van der Waals surface area contributed by atoms with Gasteiger partial charge in [0, 0.05) is 0 Å². The maximum atomic E-state index is 5.39. The average molecular weight is 152 g/mol. The van der Waals surface area contributed by atoms with Crippen LogP contribution >= 0.6 is 0 Å². The molecule has 0 fully saturated rings. The molecular formula is C10H21B. The van der Waals surface area contributed by atoms with Crippen LogP contribution < -0.4 is 0 Å². The fourth-order valence-electron chi connectivity index (χ4n) is 1.28. The molecule has 0 aromatic rings. The zero-order chi connectivity index (χ0) is 8.36. The van der Waals surface area contributed by atoms with Crippen molar-refractivity contribution in [1.82, 2.24) is 0 Å². The van der Waals surface area contributed by atoms with Gasteiger partial charge in [0.25, 0.3) is 0 Å². The van der Waals surface area contributed by atoms with Crippen molar-refractivity contribution in [2.24, 2.45) is 0 Å². The maximum Gasteiger partial charge on any atom is 0.0653 e. The van der Waals surface area contributed by atoms with Gasteiger partial charge >= 0.3 is 0 Å². The molecule has 0 aliphatic heterocycles. The average Bonchev–Trinajstić information content (AvgIpc) is 2.03. The van der Waals surface area contributed by atoms with Gasteiger partial charge < -0.3 is 0 Å². The first-order valence-corrected chi connectivity index (χ1v) is 5.12. The third kappa shape index (κ3) is 10.1. The van der Waals surface area contributed by atoms with Crippen LogP contribution in [-0.2, 0) is 0 Å². The van der Waals surface area contributed by atoms with E-state index in [1.807, 2.05) is 0 Å². The molecule has 0 amide bonds. The fraction of sp³-hybridized carbons (Fsp3) is 1.00. The SMILES string of the molecule is [B]CCCCCCCCCC. The molecule has 0 saturated heterocycles. The van der Waals surface area contributed by atoms with Crippen molar-refractivity contribution in [2.45, 2.75) is 64.6 Å². The third-order valence-corrected chi connectivity index (χ3v) is 2.06. The van der Waals surface area contributed by atoms with Crippen LogP contribution in [0.5, 0.6) is 0 Å². The lowest BCUT2D eigenvalue weighted by Crippen LogP contribution is -1.79. The lowest BCUT2D eigenvalue weighted by atomic mass is 9.98. The van der Waals surface area contributed by atoms with Crippen LogP contribution in [0.2, 0.25) is 6.32 Å². The fourth-order valence-corrected chi connectivity index (χ4v) is 1.28. The summed E-state index contributed by atoms with van der Waals surface area (Å²) in [7, 11) is 5.39. The molecule has 0 nitrogen and oxygen atoms in total. The summed E-state index contributed by atoms with van der Waals surface area (Å²) in [5, 5.41) is 0. The van der Waals surface area contributed by atoms with Crippen molar-refractivity contribution >= 4 is 7.85 Å². The molecule has 2 radical (unpaired) electrons. The summed E-state index contributed by atoms with van der Waals surface area (Å²) in [6.07, 6.45) is 11.9. The maximum absolute atomic E-state index is 5.39. The summed E-state index contributed by atoms with van der Waals surface area (Å²) < 4.78 is 0. The van der Waals surface area contributed by atoms with Crippen LogP contribution in [0.15, 0.2) is 0 Å². The van der Waals surface area contributed by atoms with E-state index in [4.69, 9.17) is 7.85 Å². The molecule has 0 unspecified atom stereocenters. The Hall–Kier alpha value is 0.0649. The van der Waals surface area contributed by atoms with Gasteiger partial charge in [-0.3, -0.25) is 0 Å². The van der Waals surface area contributed by atoms with Gasteiger partial charge in [0.1, 0.15) is 0 Å². The van der Waals surface area contributed by atoms with Crippen molar-refractivity contribution in [3.63, 3.8) is 0 Å². The highest BCUT2D eigenvalue weighted by molar-refractivity contribution is 6.08. The molecule has 0 aromatic heterocycles. The normalized spacial score (nSPS) is 10.3. The smallest absolute Gasteiger partial charge is 0.0653 e. The Morgan fingerprint density at radius 1 is 0.727 bits per heavy atom. The molecule has 0 rings (SSSR count). The van der Waals surface area contributed by atoms with Crippen LogP contribution in [-0.4, -0.2) is 7.85 Å². The van der Waals surface area contributed by atoms with Gasteiger partial charge in [-0.1, -0.05) is 64.6 Å². The van der Waals surface area contributed by atoms with Crippen LogP contribution in [0.4, 0.5) is 0 Å². The molecule has 0 spiro atoms. The van der Waals surface area contributed by atoms with Crippen LogP contribution in [0, 0.1) is 0 Å². The van der Waals surface area contributed by atoms with E-state index < -0.39 is 0 Å². The third-order valence-electron chi connectivity index (χ3n) is 2.06. The van der Waals surface area contributed by atoms with Gasteiger partial charge in [0.15, 0.2) is 0 Å². The van der Waals surface area contributed by atoms with E-state index in [9.17, 15) is 0 Å². The molecular weight excluding hydrogens is 131 g/mol. The zero-order valence-electron chi connectivity index (χ0n) is 7.94. The van der Waals surface area contributed by atoms with E-state index in [1.165, 1.54) is 51.4 Å². The van der Waals surface area contributed by atoms with E-state index in [1.54, 1.807) is 0 Å². The van der Waals surface area contributed by atoms with Crippen molar-refractivity contribution in [1.29, 1.82) is 0 Å². The van der Waals surface area contributed by atoms with Crippen molar-refractivity contribution in [3.8, 4) is 0 Å². The van der Waals surface area contributed by atoms with Gasteiger partial charge in [-0.25, -0.2) is 0 Å². The predicted octanol–water partition coefficient (Wildman–Crippen LogP) is 3.71. The van der Waals surface area contributed by atoms with E-state index >= 15 is 0 Å². The summed E-state index contributed by atoms with van der Waals surface area (Å²) in [5.74, 6) is 0. The highest BCUT2D eigenvalue weighted by Crippen LogP contribution is 2.08. The molecule has 0 aliphatic rings. The van der Waals surface area contributed by atoms with Crippen molar-refractivity contribution < 1.29 is 0 Å². The first-order valence-electron chi connectivity index (χ1n) is 5.12. The molecule has 0 aliphatic carbocycles. The van der Waals surface area contributed by atoms with Crippen LogP contribution in [0.25, 0.3) is 0 Å². The molecule has 1 heteroatoms. The summed E-state index contributed by atoms with van der Waals surface area (Å²) >= 11 is 0. The minimum absolute atomic E-state index is 0.870. The van der Waals surface area contributed by atoms with E-state index in [0.29, 0.717) is 0 Å². The van der Waals surface area contributed by atoms with E-state index in [2.05, 4.69) is 6.92 Å². The number of rotatable bonds is 8. The van der Waals surface area contributed by atoms with Gasteiger partial charge in [0.05, 0.1) is 7.85 Å². The van der Waals surface area contributed by atoms with E-state index in [0.717, 1.165) is 6.32 Å². The Balaban J connectivity index is 2.69. The van der Waals surface area contributed by atoms with Crippen molar-refractivity contribution in [3.05, 3.63) is 0 Å². The molecule has 64 valence electrons. The van der Waals surface area contributed by atoms with Gasteiger partial charge in [-0.15, -0.1) is 0 Å². The Kier molecular flexibility index (Phi) is 10.1. The summed E-state index contributed by atoms with van der Waals surface area (Å²) in [4.78, 5) is 0. The van der Waals surface area contributed by atoms with Crippen LogP contribution in [0.3, 0.4) is 0 Å². The predicted molar refractivity (Wildman–Crippen MR) is 53.2 cm³/mol. The molecule has 0 bridgehead atoms. The minimum Gasteiger partial charge on any atom is -0.0887 e. The second kappa shape index (κ2) is 10.1. The second-order valence-electron chi connectivity index (χ2n) is 3.26. The largest absolute Gasteiger partial charge is 0.0887 e. The molecule has 0 saturated carbocycles. The molecule has 0 atom stereocenters. The lowest BCUT2D eigenvalue weighted by molar-refractivity contribution is 0.585. The lowest BCUT2D eigenvalue weighted by Gasteiger charge is -1.99. The van der Waals surface area contributed by atoms with Gasteiger partial charge in [0.2, 0.25) is 0 Å². The number of hydrogen-bond acceptors (Lipinski definition) is 0. The van der Waals surface area contributed by atoms with Crippen molar-refractivity contribution in [2.75, 3.05) is 0 Å².